The Hall–Kier alpha value is -2.08. The molecular formula is C14H16N4OS. The average molecular weight is 288 g/mol. The third-order valence-corrected chi connectivity index (χ3v) is 4.30. The fourth-order valence-corrected chi connectivity index (χ4v) is 3.16. The van der Waals surface area contributed by atoms with Crippen LogP contribution in [0, 0.1) is 6.92 Å². The number of nitrogens with zero attached hydrogens (tertiary/aromatic N) is 3. The van der Waals surface area contributed by atoms with E-state index in [1.54, 1.807) is 18.4 Å². The lowest BCUT2D eigenvalue weighted by molar-refractivity contribution is 0.415. The number of aliphatic imine (C=N–C) groups is 1. The Morgan fingerprint density at radius 1 is 1.45 bits per heavy atom. The molecule has 0 saturated carbocycles. The highest BCUT2D eigenvalue weighted by atomic mass is 32.1. The van der Waals surface area contributed by atoms with Gasteiger partial charge in [0.2, 0.25) is 0 Å². The topological polar surface area (TPSA) is 63.7 Å². The van der Waals surface area contributed by atoms with Gasteiger partial charge in [-0.25, -0.2) is 4.98 Å². The lowest BCUT2D eigenvalue weighted by Crippen LogP contribution is -2.36. The Morgan fingerprint density at radius 2 is 2.30 bits per heavy atom. The van der Waals surface area contributed by atoms with E-state index >= 15 is 0 Å². The van der Waals surface area contributed by atoms with Gasteiger partial charge >= 0.3 is 0 Å². The normalized spacial score (nSPS) is 18.2. The van der Waals surface area contributed by atoms with Crippen LogP contribution in [0.5, 0.6) is 5.75 Å². The van der Waals surface area contributed by atoms with Gasteiger partial charge in [-0.1, -0.05) is 6.07 Å². The molecule has 1 unspecified atom stereocenters. The predicted molar refractivity (Wildman–Crippen MR) is 81.6 cm³/mol. The van der Waals surface area contributed by atoms with Crippen LogP contribution < -0.4 is 15.4 Å². The first-order valence-corrected chi connectivity index (χ1v) is 7.22. The van der Waals surface area contributed by atoms with Crippen LogP contribution in [0.15, 0.2) is 34.6 Å². The van der Waals surface area contributed by atoms with Crippen LogP contribution >= 0.6 is 11.3 Å². The summed E-state index contributed by atoms with van der Waals surface area (Å²) in [6.45, 7) is 2.63. The van der Waals surface area contributed by atoms with Gasteiger partial charge in [-0.15, -0.1) is 11.3 Å². The minimum Gasteiger partial charge on any atom is -0.497 e. The molecule has 2 heterocycles. The number of anilines is 1. The Labute approximate surface area is 121 Å². The average Bonchev–Trinajstić information content (AvgIpc) is 3.05. The van der Waals surface area contributed by atoms with Crippen molar-refractivity contribution in [1.29, 1.82) is 0 Å². The number of methoxy groups -OCH3 is 1. The summed E-state index contributed by atoms with van der Waals surface area (Å²) < 4.78 is 5.27. The molecule has 1 aliphatic rings. The molecule has 0 amide bonds. The Bertz CT molecular complexity index is 652. The fraction of sp³-hybridized carbons (Fsp3) is 0.286. The highest BCUT2D eigenvalue weighted by Gasteiger charge is 2.31. The van der Waals surface area contributed by atoms with E-state index in [-0.39, 0.29) is 6.04 Å². The molecule has 2 N–H and O–H groups in total. The Kier molecular flexibility index (Phi) is 3.31. The van der Waals surface area contributed by atoms with Crippen LogP contribution in [0.4, 0.5) is 5.69 Å². The van der Waals surface area contributed by atoms with E-state index in [1.165, 1.54) is 0 Å². The van der Waals surface area contributed by atoms with E-state index in [9.17, 15) is 0 Å². The van der Waals surface area contributed by atoms with Crippen molar-refractivity contribution < 1.29 is 4.74 Å². The maximum Gasteiger partial charge on any atom is 0.196 e. The van der Waals surface area contributed by atoms with Gasteiger partial charge in [-0.2, -0.15) is 0 Å². The van der Waals surface area contributed by atoms with Gasteiger partial charge in [0.1, 0.15) is 16.8 Å². The molecule has 1 aromatic carbocycles. The lowest BCUT2D eigenvalue weighted by Gasteiger charge is -2.25. The summed E-state index contributed by atoms with van der Waals surface area (Å²) in [5.41, 5.74) is 8.05. The molecule has 0 bridgehead atoms. The quantitative estimate of drug-likeness (QED) is 0.941. The van der Waals surface area contributed by atoms with Gasteiger partial charge in [-0.3, -0.25) is 4.99 Å². The van der Waals surface area contributed by atoms with E-state index in [2.05, 4.69) is 9.98 Å². The molecule has 0 aliphatic carbocycles. The predicted octanol–water partition coefficient (Wildman–Crippen LogP) is 2.34. The molecule has 1 aliphatic heterocycles. The maximum atomic E-state index is 6.05. The van der Waals surface area contributed by atoms with Crippen LogP contribution in [0.1, 0.15) is 16.7 Å². The summed E-state index contributed by atoms with van der Waals surface area (Å²) in [4.78, 5) is 10.9. The minimum absolute atomic E-state index is 0.0702. The molecule has 0 fully saturated rings. The van der Waals surface area contributed by atoms with Gasteiger partial charge in [0.15, 0.2) is 5.96 Å². The van der Waals surface area contributed by atoms with Gasteiger partial charge in [0.05, 0.1) is 13.7 Å². The second-order valence-electron chi connectivity index (χ2n) is 4.61. The maximum absolute atomic E-state index is 6.05. The standard InChI is InChI=1S/C14H16N4OS/c1-9-8-20-13(17-9)12-7-16-14(15)18(12)10-4-3-5-11(6-10)19-2/h3-6,8,12H,7H2,1-2H3,(H2,15,16). The smallest absolute Gasteiger partial charge is 0.196 e. The first-order chi connectivity index (χ1) is 9.69. The number of hydrogen-bond donors (Lipinski definition) is 1. The van der Waals surface area contributed by atoms with Gasteiger partial charge < -0.3 is 15.4 Å². The van der Waals surface area contributed by atoms with Crippen molar-refractivity contribution in [2.24, 2.45) is 10.7 Å². The van der Waals surface area contributed by atoms with Crippen LogP contribution in [0.2, 0.25) is 0 Å². The lowest BCUT2D eigenvalue weighted by atomic mass is 10.2. The summed E-state index contributed by atoms with van der Waals surface area (Å²) in [6, 6.07) is 7.89. The number of hydrogen-bond acceptors (Lipinski definition) is 6. The van der Waals surface area contributed by atoms with Crippen molar-refractivity contribution in [2.75, 3.05) is 18.6 Å². The third kappa shape index (κ3) is 2.22. The number of aryl methyl sites for hydroxylation is 1. The number of benzene rings is 1. The van der Waals surface area contributed by atoms with Crippen LogP contribution in [0.3, 0.4) is 0 Å². The molecule has 1 aromatic heterocycles. The molecule has 0 radical (unpaired) electrons. The summed E-state index contributed by atoms with van der Waals surface area (Å²) in [6.07, 6.45) is 0. The summed E-state index contributed by atoms with van der Waals surface area (Å²) >= 11 is 1.64. The Balaban J connectivity index is 1.97. The molecular weight excluding hydrogens is 272 g/mol. The number of ether oxygens (including phenoxy) is 1. The van der Waals surface area contributed by atoms with Gasteiger partial charge in [-0.05, 0) is 19.1 Å². The minimum atomic E-state index is 0.0702. The van der Waals surface area contributed by atoms with Crippen molar-refractivity contribution in [3.8, 4) is 5.75 Å². The summed E-state index contributed by atoms with van der Waals surface area (Å²) in [5, 5.41) is 3.09. The highest BCUT2D eigenvalue weighted by Crippen LogP contribution is 2.33. The van der Waals surface area contributed by atoms with Gasteiger partial charge in [0.25, 0.3) is 0 Å². The van der Waals surface area contributed by atoms with Gasteiger partial charge in [0, 0.05) is 22.8 Å². The number of aromatic nitrogens is 1. The first kappa shape index (κ1) is 12.9. The highest BCUT2D eigenvalue weighted by molar-refractivity contribution is 7.09. The molecule has 20 heavy (non-hydrogen) atoms. The molecule has 0 spiro atoms. The molecule has 6 heteroatoms. The fourth-order valence-electron chi connectivity index (χ4n) is 2.28. The van der Waals surface area contributed by atoms with Crippen molar-refractivity contribution in [1.82, 2.24) is 4.98 Å². The van der Waals surface area contributed by atoms with E-state index in [0.717, 1.165) is 22.1 Å². The zero-order valence-electron chi connectivity index (χ0n) is 11.4. The molecule has 0 saturated heterocycles. The number of rotatable bonds is 3. The summed E-state index contributed by atoms with van der Waals surface area (Å²) in [7, 11) is 1.65. The SMILES string of the molecule is COc1cccc(N2C(N)=NCC2c2nc(C)cs2)c1. The van der Waals surface area contributed by atoms with Crippen LogP contribution in [0.25, 0.3) is 0 Å². The monoisotopic (exact) mass is 288 g/mol. The van der Waals surface area contributed by atoms with Crippen molar-refractivity contribution in [3.63, 3.8) is 0 Å². The third-order valence-electron chi connectivity index (χ3n) is 3.24. The summed E-state index contributed by atoms with van der Waals surface area (Å²) in [5.74, 6) is 1.33. The molecule has 5 nitrogen and oxygen atoms in total. The molecule has 1 atom stereocenters. The zero-order valence-corrected chi connectivity index (χ0v) is 12.2. The molecule has 104 valence electrons. The molecule has 2 aromatic rings. The largest absolute Gasteiger partial charge is 0.497 e. The van der Waals surface area contributed by atoms with E-state index in [4.69, 9.17) is 10.5 Å². The second-order valence-corrected chi connectivity index (χ2v) is 5.50. The zero-order chi connectivity index (χ0) is 14.1. The van der Waals surface area contributed by atoms with Crippen molar-refractivity contribution in [3.05, 3.63) is 40.3 Å². The van der Waals surface area contributed by atoms with Crippen molar-refractivity contribution in [2.45, 2.75) is 13.0 Å². The number of guanidine groups is 1. The van der Waals surface area contributed by atoms with E-state index in [1.807, 2.05) is 41.5 Å². The van der Waals surface area contributed by atoms with Crippen LogP contribution in [-0.4, -0.2) is 24.6 Å². The first-order valence-electron chi connectivity index (χ1n) is 6.34. The van der Waals surface area contributed by atoms with E-state index in [0.29, 0.717) is 12.5 Å². The number of thiazole rings is 1. The van der Waals surface area contributed by atoms with E-state index < -0.39 is 0 Å². The van der Waals surface area contributed by atoms with Crippen LogP contribution in [-0.2, 0) is 0 Å². The Morgan fingerprint density at radius 3 is 3.00 bits per heavy atom. The second kappa shape index (κ2) is 5.13. The molecule has 3 rings (SSSR count). The number of nitrogens with two attached hydrogens (primary N) is 1. The van der Waals surface area contributed by atoms with Crippen molar-refractivity contribution >= 4 is 23.0 Å².